The van der Waals surface area contributed by atoms with E-state index in [0.29, 0.717) is 24.6 Å². The summed E-state index contributed by atoms with van der Waals surface area (Å²) in [6, 6.07) is 4.96. The quantitative estimate of drug-likeness (QED) is 0.677. The van der Waals surface area contributed by atoms with E-state index in [9.17, 15) is 4.79 Å². The number of ether oxygens (including phenoxy) is 2. The summed E-state index contributed by atoms with van der Waals surface area (Å²) in [6.45, 7) is 3.19. The molecule has 0 saturated carbocycles. The van der Waals surface area contributed by atoms with Gasteiger partial charge in [0.2, 0.25) is 5.85 Å². The van der Waals surface area contributed by atoms with Crippen LogP contribution in [0.1, 0.15) is 23.7 Å². The third kappa shape index (κ3) is 2.97. The molecule has 104 valence electrons. The molecule has 2 rings (SSSR count). The molecule has 1 atom stereocenters. The van der Waals surface area contributed by atoms with Gasteiger partial charge in [0.1, 0.15) is 5.75 Å². The molecule has 1 aliphatic rings. The number of rotatable bonds is 6. The molecule has 3 N–H and O–H groups in total. The second kappa shape index (κ2) is 5.46. The van der Waals surface area contributed by atoms with Crippen molar-refractivity contribution >= 4 is 11.7 Å². The van der Waals surface area contributed by atoms with E-state index in [1.54, 1.807) is 25.3 Å². The zero-order valence-corrected chi connectivity index (χ0v) is 11.0. The maximum absolute atomic E-state index is 11.1. The van der Waals surface area contributed by atoms with Crippen molar-refractivity contribution in [3.8, 4) is 5.75 Å². The van der Waals surface area contributed by atoms with Crippen LogP contribution in [0.4, 0.5) is 5.69 Å². The Hall–Kier alpha value is -1.79. The lowest BCUT2D eigenvalue weighted by molar-refractivity contribution is 0.0698. The van der Waals surface area contributed by atoms with Crippen LogP contribution in [-0.4, -0.2) is 37.2 Å². The van der Waals surface area contributed by atoms with Gasteiger partial charge < -0.3 is 19.9 Å². The van der Waals surface area contributed by atoms with Gasteiger partial charge in [-0.25, -0.2) is 4.79 Å². The van der Waals surface area contributed by atoms with Gasteiger partial charge in [0.05, 0.1) is 11.3 Å². The second-order valence-electron chi connectivity index (χ2n) is 4.52. The standard InChI is InChI=1S/C13H18N2O4/c1-13(14-7-4-8-18-2)15-11-9(12(16)17)5-3-6-10(11)19-13/h3,5-6,14-15H,4,7-8H2,1-2H3,(H,16,17). The first kappa shape index (κ1) is 13.6. The number of methoxy groups -OCH3 is 1. The fraction of sp³-hybridized carbons (Fsp3) is 0.462. The predicted molar refractivity (Wildman–Crippen MR) is 70.6 cm³/mol. The first-order chi connectivity index (χ1) is 9.06. The summed E-state index contributed by atoms with van der Waals surface area (Å²) in [5, 5.41) is 15.4. The molecule has 0 bridgehead atoms. The number of hydrogen-bond donors (Lipinski definition) is 3. The van der Waals surface area contributed by atoms with Crippen molar-refractivity contribution in [3.63, 3.8) is 0 Å². The van der Waals surface area contributed by atoms with Crippen molar-refractivity contribution in [1.29, 1.82) is 0 Å². The highest BCUT2D eigenvalue weighted by molar-refractivity contribution is 5.96. The zero-order valence-electron chi connectivity index (χ0n) is 11.0. The molecule has 0 fully saturated rings. The molecule has 1 aromatic carbocycles. The van der Waals surface area contributed by atoms with Crippen LogP contribution < -0.4 is 15.4 Å². The Bertz CT molecular complexity index is 478. The van der Waals surface area contributed by atoms with Crippen LogP contribution in [0.25, 0.3) is 0 Å². The number of carbonyl (C=O) groups is 1. The Morgan fingerprint density at radius 3 is 3.05 bits per heavy atom. The normalized spacial score (nSPS) is 20.5. The molecule has 1 aromatic rings. The lowest BCUT2D eigenvalue weighted by atomic mass is 10.1. The monoisotopic (exact) mass is 266 g/mol. The molecule has 1 heterocycles. The van der Waals surface area contributed by atoms with Crippen LogP contribution in [0.3, 0.4) is 0 Å². The van der Waals surface area contributed by atoms with E-state index in [1.807, 2.05) is 6.92 Å². The molecule has 1 unspecified atom stereocenters. The van der Waals surface area contributed by atoms with Crippen molar-refractivity contribution in [2.24, 2.45) is 0 Å². The molecular formula is C13H18N2O4. The van der Waals surface area contributed by atoms with Crippen LogP contribution in [0, 0.1) is 0 Å². The van der Waals surface area contributed by atoms with E-state index < -0.39 is 11.8 Å². The Labute approximate surface area is 111 Å². The van der Waals surface area contributed by atoms with Gasteiger partial charge >= 0.3 is 5.97 Å². The summed E-state index contributed by atoms with van der Waals surface area (Å²) in [6.07, 6.45) is 0.846. The number of carboxylic acid groups (broad SMARTS) is 1. The van der Waals surface area contributed by atoms with Gasteiger partial charge in [0.15, 0.2) is 0 Å². The van der Waals surface area contributed by atoms with E-state index in [1.165, 1.54) is 0 Å². The maximum atomic E-state index is 11.1. The summed E-state index contributed by atoms with van der Waals surface area (Å²) in [5.41, 5.74) is 0.719. The van der Waals surface area contributed by atoms with Gasteiger partial charge in [-0.1, -0.05) is 6.07 Å². The van der Waals surface area contributed by atoms with Gasteiger partial charge in [-0.15, -0.1) is 0 Å². The minimum Gasteiger partial charge on any atom is -0.478 e. The van der Waals surface area contributed by atoms with Crippen molar-refractivity contribution in [2.45, 2.75) is 19.2 Å². The third-order valence-corrected chi connectivity index (χ3v) is 2.92. The summed E-state index contributed by atoms with van der Waals surface area (Å²) >= 11 is 0. The zero-order chi connectivity index (χ0) is 13.9. The first-order valence-electron chi connectivity index (χ1n) is 6.13. The van der Waals surface area contributed by atoms with Crippen molar-refractivity contribution < 1.29 is 19.4 Å². The fourth-order valence-electron chi connectivity index (χ4n) is 2.03. The summed E-state index contributed by atoms with van der Waals surface area (Å²) in [7, 11) is 1.65. The lowest BCUT2D eigenvalue weighted by Gasteiger charge is -2.25. The van der Waals surface area contributed by atoms with Gasteiger partial charge in [-0.3, -0.25) is 5.32 Å². The third-order valence-electron chi connectivity index (χ3n) is 2.92. The van der Waals surface area contributed by atoms with Crippen LogP contribution in [-0.2, 0) is 4.74 Å². The molecule has 0 spiro atoms. The summed E-state index contributed by atoms with van der Waals surface area (Å²) in [4.78, 5) is 11.1. The van der Waals surface area contributed by atoms with E-state index >= 15 is 0 Å². The maximum Gasteiger partial charge on any atom is 0.337 e. The number of anilines is 1. The molecule has 19 heavy (non-hydrogen) atoms. The van der Waals surface area contributed by atoms with Gasteiger partial charge in [0, 0.05) is 27.2 Å². The largest absolute Gasteiger partial charge is 0.478 e. The molecule has 0 aromatic heterocycles. The van der Waals surface area contributed by atoms with Gasteiger partial charge in [0.25, 0.3) is 0 Å². The highest BCUT2D eigenvalue weighted by Gasteiger charge is 2.35. The average molecular weight is 266 g/mol. The number of carboxylic acids is 1. The number of aromatic carboxylic acids is 1. The molecule has 0 saturated heterocycles. The molecule has 0 radical (unpaired) electrons. The van der Waals surface area contributed by atoms with E-state index in [4.69, 9.17) is 14.6 Å². The van der Waals surface area contributed by atoms with Crippen molar-refractivity contribution in [1.82, 2.24) is 5.32 Å². The van der Waals surface area contributed by atoms with Crippen LogP contribution >= 0.6 is 0 Å². The number of para-hydroxylation sites is 1. The topological polar surface area (TPSA) is 79.8 Å². The van der Waals surface area contributed by atoms with Crippen LogP contribution in [0.5, 0.6) is 5.75 Å². The minimum atomic E-state index is -0.975. The number of fused-ring (bicyclic) bond motifs is 1. The average Bonchev–Trinajstić information content (AvgIpc) is 2.70. The number of benzene rings is 1. The SMILES string of the molecule is COCCCNC1(C)Nc2c(cccc2C(=O)O)O1. The van der Waals surface area contributed by atoms with E-state index in [-0.39, 0.29) is 5.56 Å². The molecule has 6 heteroatoms. The molecule has 0 amide bonds. The summed E-state index contributed by atoms with van der Waals surface area (Å²) < 4.78 is 10.7. The Balaban J connectivity index is 2.06. The Morgan fingerprint density at radius 2 is 2.37 bits per heavy atom. The number of hydrogen-bond acceptors (Lipinski definition) is 5. The first-order valence-corrected chi connectivity index (χ1v) is 6.13. The van der Waals surface area contributed by atoms with Gasteiger partial charge in [-0.2, -0.15) is 0 Å². The van der Waals surface area contributed by atoms with E-state index in [2.05, 4.69) is 10.6 Å². The molecule has 6 nitrogen and oxygen atoms in total. The van der Waals surface area contributed by atoms with E-state index in [0.717, 1.165) is 6.42 Å². The Morgan fingerprint density at radius 1 is 1.58 bits per heavy atom. The fourth-order valence-corrected chi connectivity index (χ4v) is 2.03. The summed E-state index contributed by atoms with van der Waals surface area (Å²) in [5.74, 6) is -1.22. The van der Waals surface area contributed by atoms with Gasteiger partial charge in [-0.05, 0) is 18.6 Å². The minimum absolute atomic E-state index is 0.208. The lowest BCUT2D eigenvalue weighted by Crippen LogP contribution is -2.51. The van der Waals surface area contributed by atoms with Crippen LogP contribution in [0.2, 0.25) is 0 Å². The molecule has 1 aliphatic heterocycles. The van der Waals surface area contributed by atoms with Crippen LogP contribution in [0.15, 0.2) is 18.2 Å². The molecular weight excluding hydrogens is 248 g/mol. The Kier molecular flexibility index (Phi) is 3.92. The smallest absolute Gasteiger partial charge is 0.337 e. The van der Waals surface area contributed by atoms with Crippen molar-refractivity contribution in [3.05, 3.63) is 23.8 Å². The van der Waals surface area contributed by atoms with Crippen molar-refractivity contribution in [2.75, 3.05) is 25.6 Å². The highest BCUT2D eigenvalue weighted by atomic mass is 16.5. The number of nitrogens with one attached hydrogen (secondary N) is 2. The molecule has 0 aliphatic carbocycles. The second-order valence-corrected chi connectivity index (χ2v) is 4.52. The predicted octanol–water partition coefficient (Wildman–Crippen LogP) is 1.49. The highest BCUT2D eigenvalue weighted by Crippen LogP contribution is 2.38.